The van der Waals surface area contributed by atoms with Gasteiger partial charge in [0, 0.05) is 6.61 Å². The lowest BCUT2D eigenvalue weighted by molar-refractivity contribution is -0.120. The normalized spacial score (nSPS) is 19.0. The lowest BCUT2D eigenvalue weighted by atomic mass is 10.1. The van der Waals surface area contributed by atoms with Gasteiger partial charge in [0.15, 0.2) is 5.16 Å². The van der Waals surface area contributed by atoms with Crippen LogP contribution in [-0.4, -0.2) is 38.6 Å². The van der Waals surface area contributed by atoms with E-state index in [4.69, 9.17) is 4.74 Å². The predicted octanol–water partition coefficient (Wildman–Crippen LogP) is 2.25. The van der Waals surface area contributed by atoms with Crippen LogP contribution < -0.4 is 11.0 Å². The van der Waals surface area contributed by atoms with Crippen molar-refractivity contribution in [3.05, 3.63) is 46.1 Å². The third kappa shape index (κ3) is 4.98. The molecule has 1 fully saturated rings. The monoisotopic (exact) mass is 394 g/mol. The Balaban J connectivity index is 1.61. The molecule has 7 nitrogen and oxygen atoms in total. The number of aromatic amines is 1. The first kappa shape index (κ1) is 19.6. The maximum atomic E-state index is 13.0. The second-order valence-corrected chi connectivity index (χ2v) is 7.91. The summed E-state index contributed by atoms with van der Waals surface area (Å²) in [6.07, 6.45) is 1.90. The average Bonchev–Trinajstić information content (AvgIpc) is 3.27. The van der Waals surface area contributed by atoms with Crippen LogP contribution in [0.1, 0.15) is 38.3 Å². The van der Waals surface area contributed by atoms with Crippen LogP contribution in [0, 0.1) is 5.82 Å². The fourth-order valence-electron chi connectivity index (χ4n) is 2.92. The molecule has 1 saturated heterocycles. The van der Waals surface area contributed by atoms with Crippen LogP contribution in [0.2, 0.25) is 0 Å². The molecule has 3 rings (SSSR count). The highest BCUT2D eigenvalue weighted by molar-refractivity contribution is 8.00. The molecule has 0 spiro atoms. The minimum absolute atomic E-state index is 0.00211. The summed E-state index contributed by atoms with van der Waals surface area (Å²) >= 11 is 1.22. The first-order valence-corrected chi connectivity index (χ1v) is 9.81. The van der Waals surface area contributed by atoms with Gasteiger partial charge in [0.25, 0.3) is 0 Å². The molecule has 1 aliphatic heterocycles. The van der Waals surface area contributed by atoms with Crippen molar-refractivity contribution in [1.82, 2.24) is 20.1 Å². The Labute approximate surface area is 160 Å². The van der Waals surface area contributed by atoms with Gasteiger partial charge in [0.2, 0.25) is 5.91 Å². The summed E-state index contributed by atoms with van der Waals surface area (Å²) in [6.45, 7) is 4.73. The number of aromatic nitrogens is 3. The molecule has 0 saturated carbocycles. The first-order chi connectivity index (χ1) is 12.9. The van der Waals surface area contributed by atoms with Crippen LogP contribution in [0.25, 0.3) is 0 Å². The van der Waals surface area contributed by atoms with Gasteiger partial charge in [0.05, 0.1) is 23.9 Å². The summed E-state index contributed by atoms with van der Waals surface area (Å²) in [5, 5.41) is 9.40. The standard InChI is InChI=1S/C18H23FN4O3S/c1-11(13-5-7-14(19)8-6-13)20-16(24)12(2)27-18-22-21-17(25)23(18)10-15-4-3-9-26-15/h5-8,11-12,15H,3-4,9-10H2,1-2H3,(H,20,24)(H,21,25)/t11-,12-,15+/m1/s1. The summed E-state index contributed by atoms with van der Waals surface area (Å²) in [7, 11) is 0. The van der Waals surface area contributed by atoms with Gasteiger partial charge in [-0.05, 0) is 44.4 Å². The topological polar surface area (TPSA) is 89.0 Å². The SMILES string of the molecule is C[C@@H](Sc1n[nH]c(=O)n1C[C@@H]1CCCO1)C(=O)N[C@H](C)c1ccc(F)cc1. The summed E-state index contributed by atoms with van der Waals surface area (Å²) in [4.78, 5) is 24.5. The smallest absolute Gasteiger partial charge is 0.344 e. The molecule has 146 valence electrons. The maximum Gasteiger partial charge on any atom is 0.344 e. The maximum absolute atomic E-state index is 13.0. The number of rotatable bonds is 7. The largest absolute Gasteiger partial charge is 0.376 e. The van der Waals surface area contributed by atoms with Crippen LogP contribution in [0.4, 0.5) is 4.39 Å². The Kier molecular flexibility index (Phi) is 6.33. The lowest BCUT2D eigenvalue weighted by Gasteiger charge is -2.18. The third-order valence-corrected chi connectivity index (χ3v) is 5.60. The number of amides is 1. The van der Waals surface area contributed by atoms with E-state index in [1.807, 2.05) is 6.92 Å². The second-order valence-electron chi connectivity index (χ2n) is 6.60. The number of halogens is 1. The highest BCUT2D eigenvalue weighted by Crippen LogP contribution is 2.23. The number of nitrogens with zero attached hydrogens (tertiary/aromatic N) is 2. The molecule has 2 aromatic rings. The Bertz CT molecular complexity index is 830. The molecule has 2 heterocycles. The quantitative estimate of drug-likeness (QED) is 0.703. The lowest BCUT2D eigenvalue weighted by Crippen LogP contribution is -2.33. The van der Waals surface area contributed by atoms with Crippen LogP contribution in [0.5, 0.6) is 0 Å². The van der Waals surface area contributed by atoms with Gasteiger partial charge < -0.3 is 10.1 Å². The summed E-state index contributed by atoms with van der Waals surface area (Å²) in [5.74, 6) is -0.500. The van der Waals surface area contributed by atoms with Crippen LogP contribution in [0.3, 0.4) is 0 Å². The Morgan fingerprint density at radius 3 is 2.85 bits per heavy atom. The molecular weight excluding hydrogens is 371 g/mol. The molecule has 0 unspecified atom stereocenters. The van der Waals surface area contributed by atoms with E-state index in [1.54, 1.807) is 19.1 Å². The first-order valence-electron chi connectivity index (χ1n) is 8.93. The Morgan fingerprint density at radius 2 is 2.19 bits per heavy atom. The molecule has 1 aromatic carbocycles. The Hall–Kier alpha value is -2.13. The number of hydrogen-bond acceptors (Lipinski definition) is 5. The molecule has 1 aromatic heterocycles. The van der Waals surface area contributed by atoms with Gasteiger partial charge in [-0.15, -0.1) is 5.10 Å². The minimum Gasteiger partial charge on any atom is -0.376 e. The fraction of sp³-hybridized carbons (Fsp3) is 0.500. The molecular formula is C18H23FN4O3S. The predicted molar refractivity (Wildman–Crippen MR) is 100 cm³/mol. The zero-order chi connectivity index (χ0) is 19.4. The fourth-order valence-corrected chi connectivity index (χ4v) is 3.80. The number of H-pyrrole nitrogens is 1. The van der Waals surface area contributed by atoms with E-state index in [0.717, 1.165) is 18.4 Å². The van der Waals surface area contributed by atoms with E-state index in [0.29, 0.717) is 18.3 Å². The van der Waals surface area contributed by atoms with Gasteiger partial charge in [-0.1, -0.05) is 23.9 Å². The molecule has 0 radical (unpaired) electrons. The Morgan fingerprint density at radius 1 is 1.44 bits per heavy atom. The summed E-state index contributed by atoms with van der Waals surface area (Å²) in [5.41, 5.74) is 0.511. The third-order valence-electron chi connectivity index (χ3n) is 4.51. The van der Waals surface area contributed by atoms with Gasteiger partial charge >= 0.3 is 5.69 Å². The van der Waals surface area contributed by atoms with Crippen molar-refractivity contribution in [2.45, 2.75) is 55.8 Å². The van der Waals surface area contributed by atoms with E-state index >= 15 is 0 Å². The number of thioether (sulfide) groups is 1. The molecule has 0 bridgehead atoms. The molecule has 1 amide bonds. The van der Waals surface area contributed by atoms with E-state index in [2.05, 4.69) is 15.5 Å². The van der Waals surface area contributed by atoms with Crippen molar-refractivity contribution in [3.63, 3.8) is 0 Å². The second kappa shape index (κ2) is 8.71. The van der Waals surface area contributed by atoms with Crippen LogP contribution in [0.15, 0.2) is 34.2 Å². The van der Waals surface area contributed by atoms with Crippen molar-refractivity contribution < 1.29 is 13.9 Å². The number of hydrogen-bond donors (Lipinski definition) is 2. The van der Waals surface area contributed by atoms with Crippen molar-refractivity contribution in [2.75, 3.05) is 6.61 Å². The van der Waals surface area contributed by atoms with Crippen molar-refractivity contribution in [3.8, 4) is 0 Å². The summed E-state index contributed by atoms with van der Waals surface area (Å²) in [6, 6.07) is 5.76. The average molecular weight is 394 g/mol. The highest BCUT2D eigenvalue weighted by atomic mass is 32.2. The number of benzene rings is 1. The molecule has 27 heavy (non-hydrogen) atoms. The van der Waals surface area contributed by atoms with E-state index < -0.39 is 5.25 Å². The molecule has 9 heteroatoms. The van der Waals surface area contributed by atoms with E-state index in [1.165, 1.54) is 28.5 Å². The number of nitrogens with one attached hydrogen (secondary N) is 2. The van der Waals surface area contributed by atoms with Gasteiger partial charge in [-0.25, -0.2) is 14.3 Å². The minimum atomic E-state index is -0.452. The van der Waals surface area contributed by atoms with Crippen molar-refractivity contribution in [2.24, 2.45) is 0 Å². The van der Waals surface area contributed by atoms with Gasteiger partial charge in [-0.2, -0.15) is 0 Å². The summed E-state index contributed by atoms with van der Waals surface area (Å²) < 4.78 is 20.1. The van der Waals surface area contributed by atoms with Gasteiger partial charge in [-0.3, -0.25) is 9.36 Å². The number of carbonyl (C=O) groups is 1. The van der Waals surface area contributed by atoms with E-state index in [-0.39, 0.29) is 29.6 Å². The number of ether oxygens (including phenoxy) is 1. The van der Waals surface area contributed by atoms with Crippen LogP contribution in [-0.2, 0) is 16.1 Å². The van der Waals surface area contributed by atoms with Crippen molar-refractivity contribution in [1.29, 1.82) is 0 Å². The highest BCUT2D eigenvalue weighted by Gasteiger charge is 2.23. The van der Waals surface area contributed by atoms with Crippen molar-refractivity contribution >= 4 is 17.7 Å². The zero-order valence-electron chi connectivity index (χ0n) is 15.3. The van der Waals surface area contributed by atoms with Gasteiger partial charge in [0.1, 0.15) is 5.82 Å². The van der Waals surface area contributed by atoms with Crippen LogP contribution >= 0.6 is 11.8 Å². The van der Waals surface area contributed by atoms with E-state index in [9.17, 15) is 14.0 Å². The number of carbonyl (C=O) groups excluding carboxylic acids is 1. The molecule has 2 N–H and O–H groups in total. The molecule has 3 atom stereocenters. The molecule has 0 aliphatic carbocycles. The molecule has 1 aliphatic rings. The zero-order valence-corrected chi connectivity index (χ0v) is 16.1.